The summed E-state index contributed by atoms with van der Waals surface area (Å²) in [4.78, 5) is 24.5. The van der Waals surface area contributed by atoms with Crippen molar-refractivity contribution >= 4 is 34.9 Å². The maximum Gasteiger partial charge on any atom is 0.457 e. The number of fused-ring (bicyclic) bond motifs is 2. The van der Waals surface area contributed by atoms with Crippen LogP contribution in [0.4, 0.5) is 0 Å². The molecule has 3 rings (SSSR count). The highest BCUT2D eigenvalue weighted by Gasteiger charge is 2.49. The first-order valence-corrected chi connectivity index (χ1v) is 17.9. The molecule has 0 spiro atoms. The van der Waals surface area contributed by atoms with Gasteiger partial charge in [-0.25, -0.2) is 0 Å². The number of amides is 1. The molecule has 238 valence electrons. The Balaban J connectivity index is 1.67. The van der Waals surface area contributed by atoms with E-state index in [1.807, 2.05) is 13.0 Å². The first-order chi connectivity index (χ1) is 21.0. The molecule has 1 aromatic rings. The van der Waals surface area contributed by atoms with E-state index in [9.17, 15) is 9.59 Å². The molecule has 0 unspecified atom stereocenters. The van der Waals surface area contributed by atoms with Gasteiger partial charge in [-0.3, -0.25) is 9.59 Å². The molecule has 8 heteroatoms. The third-order valence-electron chi connectivity index (χ3n) is 8.44. The molecule has 0 radical (unpaired) electrons. The number of halogens is 1. The number of alkyl halides is 1. The number of esters is 1. The summed E-state index contributed by atoms with van der Waals surface area (Å²) >= 11 is 3.47. The van der Waals surface area contributed by atoms with Gasteiger partial charge in [-0.05, 0) is 82.2 Å². The highest BCUT2D eigenvalue weighted by Crippen LogP contribution is 2.44. The van der Waals surface area contributed by atoms with E-state index in [4.69, 9.17) is 14.0 Å². The number of allylic oxidation sites excluding steroid dienone is 2. The summed E-state index contributed by atoms with van der Waals surface area (Å²) in [6.07, 6.45) is 21.1. The van der Waals surface area contributed by atoms with Gasteiger partial charge >= 0.3 is 13.1 Å². The van der Waals surface area contributed by atoms with Gasteiger partial charge in [0, 0.05) is 36.7 Å². The SMILES string of the molecule is CCCCB1O[C@H]2C[C@@H](O1)[C@H](/C=C/[C@H](CCc1ccccc1)OC(=O)CCCCCBr)[C@H]2C/C=C\CCCC(=O)NCC. The second-order valence-corrected chi connectivity index (χ2v) is 12.7. The first kappa shape index (κ1) is 35.6. The van der Waals surface area contributed by atoms with Gasteiger partial charge in [0.1, 0.15) is 6.10 Å². The summed E-state index contributed by atoms with van der Waals surface area (Å²) in [5.74, 6) is 0.514. The number of ether oxygens (including phenoxy) is 1. The molecule has 5 atom stereocenters. The Morgan fingerprint density at radius 2 is 1.86 bits per heavy atom. The van der Waals surface area contributed by atoms with Crippen molar-refractivity contribution in [1.29, 1.82) is 0 Å². The van der Waals surface area contributed by atoms with Crippen molar-refractivity contribution in [1.82, 2.24) is 5.32 Å². The predicted octanol–water partition coefficient (Wildman–Crippen LogP) is 8.00. The molecule has 1 N–H and O–H groups in total. The Morgan fingerprint density at radius 1 is 1.05 bits per heavy atom. The normalized spacial score (nSPS) is 22.3. The van der Waals surface area contributed by atoms with Crippen molar-refractivity contribution < 1.29 is 23.6 Å². The molecule has 0 aromatic heterocycles. The van der Waals surface area contributed by atoms with Crippen LogP contribution in [0.15, 0.2) is 54.6 Å². The predicted molar refractivity (Wildman–Crippen MR) is 179 cm³/mol. The van der Waals surface area contributed by atoms with Crippen LogP contribution in [0.1, 0.15) is 96.5 Å². The lowest BCUT2D eigenvalue weighted by atomic mass is 9.80. The quantitative estimate of drug-likeness (QED) is 0.0477. The topological polar surface area (TPSA) is 73.9 Å². The maximum atomic E-state index is 12.8. The van der Waals surface area contributed by atoms with E-state index in [1.54, 1.807) is 0 Å². The lowest BCUT2D eigenvalue weighted by molar-refractivity contribution is -0.147. The average molecular weight is 659 g/mol. The highest BCUT2D eigenvalue weighted by atomic mass is 79.9. The van der Waals surface area contributed by atoms with Gasteiger partial charge in [0.15, 0.2) is 0 Å². The van der Waals surface area contributed by atoms with Crippen molar-refractivity contribution in [3.63, 3.8) is 0 Å². The van der Waals surface area contributed by atoms with Gasteiger partial charge in [-0.1, -0.05) is 90.7 Å². The van der Waals surface area contributed by atoms with Crippen LogP contribution in [0.25, 0.3) is 0 Å². The molecule has 1 aliphatic heterocycles. The first-order valence-electron chi connectivity index (χ1n) is 16.7. The Morgan fingerprint density at radius 3 is 2.63 bits per heavy atom. The summed E-state index contributed by atoms with van der Waals surface area (Å²) in [6, 6.07) is 10.4. The van der Waals surface area contributed by atoms with Crippen LogP contribution < -0.4 is 5.32 Å². The zero-order valence-electron chi connectivity index (χ0n) is 26.4. The third-order valence-corrected chi connectivity index (χ3v) is 9.00. The Bertz CT molecular complexity index is 990. The van der Waals surface area contributed by atoms with Crippen molar-refractivity contribution in [3.05, 3.63) is 60.2 Å². The molecule has 43 heavy (non-hydrogen) atoms. The van der Waals surface area contributed by atoms with Crippen molar-refractivity contribution in [3.8, 4) is 0 Å². The third kappa shape index (κ3) is 13.3. The van der Waals surface area contributed by atoms with E-state index < -0.39 is 0 Å². The molecule has 1 heterocycles. The molecular weight excluding hydrogens is 605 g/mol. The highest BCUT2D eigenvalue weighted by molar-refractivity contribution is 9.09. The number of aryl methyl sites for hydroxylation is 1. The zero-order chi connectivity index (χ0) is 30.7. The van der Waals surface area contributed by atoms with Crippen LogP contribution >= 0.6 is 15.9 Å². The molecule has 1 saturated heterocycles. The van der Waals surface area contributed by atoms with Gasteiger partial charge in [-0.15, -0.1) is 0 Å². The lowest BCUT2D eigenvalue weighted by Gasteiger charge is -2.27. The van der Waals surface area contributed by atoms with E-state index in [1.165, 1.54) is 5.56 Å². The van der Waals surface area contributed by atoms with Gasteiger partial charge < -0.3 is 19.4 Å². The van der Waals surface area contributed by atoms with Gasteiger partial charge in [0.2, 0.25) is 5.91 Å². The number of hydrogen-bond acceptors (Lipinski definition) is 5. The van der Waals surface area contributed by atoms with E-state index in [0.29, 0.717) is 25.3 Å². The molecule has 1 aliphatic carbocycles. The second kappa shape index (κ2) is 21.0. The smallest absolute Gasteiger partial charge is 0.457 e. The largest absolute Gasteiger partial charge is 0.458 e. The second-order valence-electron chi connectivity index (χ2n) is 11.9. The van der Waals surface area contributed by atoms with Crippen molar-refractivity contribution in [2.24, 2.45) is 11.8 Å². The fourth-order valence-corrected chi connectivity index (χ4v) is 6.49. The summed E-state index contributed by atoms with van der Waals surface area (Å²) in [6.45, 7) is 4.82. The summed E-state index contributed by atoms with van der Waals surface area (Å²) < 4.78 is 19.0. The molecule has 1 amide bonds. The van der Waals surface area contributed by atoms with E-state index in [-0.39, 0.29) is 43.2 Å². The van der Waals surface area contributed by atoms with Crippen LogP contribution in [-0.2, 0) is 30.1 Å². The molecule has 6 nitrogen and oxygen atoms in total. The zero-order valence-corrected chi connectivity index (χ0v) is 28.0. The number of nitrogens with one attached hydrogen (secondary N) is 1. The van der Waals surface area contributed by atoms with Crippen LogP contribution in [0, 0.1) is 11.8 Å². The van der Waals surface area contributed by atoms with Crippen LogP contribution in [0.3, 0.4) is 0 Å². The Kier molecular flexibility index (Phi) is 17.3. The molecule has 1 aromatic carbocycles. The van der Waals surface area contributed by atoms with Crippen molar-refractivity contribution in [2.75, 3.05) is 11.9 Å². The number of carbonyl (C=O) groups is 2. The molecule has 2 bridgehead atoms. The number of carbonyl (C=O) groups excluding carboxylic acids is 2. The Labute approximate surface area is 269 Å². The van der Waals surface area contributed by atoms with E-state index >= 15 is 0 Å². The van der Waals surface area contributed by atoms with Gasteiger partial charge in [0.05, 0.1) is 6.10 Å². The number of hydrogen-bond donors (Lipinski definition) is 1. The van der Waals surface area contributed by atoms with Crippen LogP contribution in [0.2, 0.25) is 6.32 Å². The van der Waals surface area contributed by atoms with Crippen LogP contribution in [0.5, 0.6) is 0 Å². The van der Waals surface area contributed by atoms with E-state index in [0.717, 1.165) is 82.3 Å². The number of benzene rings is 1. The number of unbranched alkanes of at least 4 members (excludes halogenated alkanes) is 4. The minimum Gasteiger partial charge on any atom is -0.458 e. The van der Waals surface area contributed by atoms with Gasteiger partial charge in [0.25, 0.3) is 0 Å². The summed E-state index contributed by atoms with van der Waals surface area (Å²) in [7, 11) is -0.142. The number of rotatable bonds is 21. The molecule has 1 saturated carbocycles. The minimum atomic E-state index is -0.272. The van der Waals surface area contributed by atoms with E-state index in [2.05, 4.69) is 76.7 Å². The fraction of sp³-hybridized carbons (Fsp3) is 0.657. The monoisotopic (exact) mass is 657 g/mol. The molecule has 2 aliphatic rings. The maximum absolute atomic E-state index is 12.8. The van der Waals surface area contributed by atoms with Gasteiger partial charge in [-0.2, -0.15) is 0 Å². The molecular formula is C35H53BBrNO5. The standard InChI is InChI=1S/C35H53BBrNO5/c1-3-5-25-36-42-32-27-33(43-36)31(30(32)18-12-6-7-13-19-34(39)38-4-2)24-23-29(22-21-28-16-10-8-11-17-28)41-35(40)20-14-9-15-26-37/h6,8,10-12,16-17,23-24,29-33H,3-5,7,9,13-15,18-22,25-27H2,1-2H3,(H,38,39)/b12-6-,24-23+/t29-,30+,31+,32-,33+/m0/s1. The Hall–Kier alpha value is -1.90. The molecule has 2 fully saturated rings. The fourth-order valence-electron chi connectivity index (χ4n) is 6.10. The van der Waals surface area contributed by atoms with Crippen molar-refractivity contribution in [2.45, 2.75) is 122 Å². The summed E-state index contributed by atoms with van der Waals surface area (Å²) in [5.41, 5.74) is 1.25. The average Bonchev–Trinajstić information content (AvgIpc) is 3.25. The summed E-state index contributed by atoms with van der Waals surface area (Å²) in [5, 5.41) is 3.83. The lowest BCUT2D eigenvalue weighted by Crippen LogP contribution is -2.37. The minimum absolute atomic E-state index is 0.114. The van der Waals surface area contributed by atoms with Crippen LogP contribution in [-0.4, -0.2) is 49.2 Å².